The van der Waals surface area contributed by atoms with Gasteiger partial charge in [0.1, 0.15) is 5.56 Å². The van der Waals surface area contributed by atoms with Gasteiger partial charge in [0.2, 0.25) is 5.88 Å². The predicted molar refractivity (Wildman–Crippen MR) is 111 cm³/mol. The van der Waals surface area contributed by atoms with Crippen LogP contribution in [0.25, 0.3) is 0 Å². The van der Waals surface area contributed by atoms with Crippen molar-refractivity contribution in [3.63, 3.8) is 0 Å². The molecule has 30 heavy (non-hydrogen) atoms. The minimum Gasteiger partial charge on any atom is -0.471 e. The molecule has 0 bridgehead atoms. The molecule has 9 heteroatoms. The normalized spacial score (nSPS) is 20.3. The fourth-order valence-electron chi connectivity index (χ4n) is 3.17. The minimum absolute atomic E-state index is 0.0528. The van der Waals surface area contributed by atoms with Crippen molar-refractivity contribution in [2.24, 2.45) is 5.10 Å². The number of piperidine rings is 1. The van der Waals surface area contributed by atoms with E-state index in [1.807, 2.05) is 6.92 Å². The maximum Gasteiger partial charge on any atom is 0.272 e. The summed E-state index contributed by atoms with van der Waals surface area (Å²) in [6, 6.07) is 2.90. The molecule has 0 unspecified atom stereocenters. The van der Waals surface area contributed by atoms with Gasteiger partial charge in [-0.3, -0.25) is 9.80 Å². The fraction of sp³-hybridized carbons (Fsp3) is 0.571. The third-order valence-electron chi connectivity index (χ3n) is 5.29. The van der Waals surface area contributed by atoms with Gasteiger partial charge in [0, 0.05) is 31.7 Å². The van der Waals surface area contributed by atoms with Crippen LogP contribution < -0.4 is 4.74 Å². The highest BCUT2D eigenvalue weighted by molar-refractivity contribution is 5.96. The molecule has 0 aliphatic carbocycles. The molecule has 1 aromatic rings. The summed E-state index contributed by atoms with van der Waals surface area (Å²) in [5.74, 6) is -0.439. The lowest BCUT2D eigenvalue weighted by atomic mass is 9.97. The Balaban J connectivity index is 2.23. The lowest BCUT2D eigenvalue weighted by Crippen LogP contribution is -2.51. The summed E-state index contributed by atoms with van der Waals surface area (Å²) in [4.78, 5) is 18.8. The van der Waals surface area contributed by atoms with Gasteiger partial charge in [-0.15, -0.1) is 0 Å². The van der Waals surface area contributed by atoms with Crippen molar-refractivity contribution >= 4 is 12.6 Å². The van der Waals surface area contributed by atoms with Crippen LogP contribution in [0.3, 0.4) is 0 Å². The summed E-state index contributed by atoms with van der Waals surface area (Å²) in [5, 5.41) is 15.9. The molecule has 2 rings (SSSR count). The van der Waals surface area contributed by atoms with Gasteiger partial charge in [-0.2, -0.15) is 5.10 Å². The number of hydrazone groups is 1. The van der Waals surface area contributed by atoms with Crippen molar-refractivity contribution in [3.05, 3.63) is 35.7 Å². The Morgan fingerprint density at radius 3 is 2.83 bits per heavy atom. The zero-order valence-corrected chi connectivity index (χ0v) is 17.9. The number of halogens is 2. The van der Waals surface area contributed by atoms with Gasteiger partial charge in [-0.1, -0.05) is 0 Å². The molecular formula is C21H30F2N4O3. The highest BCUT2D eigenvalue weighted by Crippen LogP contribution is 2.27. The molecule has 2 heterocycles. The van der Waals surface area contributed by atoms with E-state index in [1.165, 1.54) is 12.3 Å². The van der Waals surface area contributed by atoms with Crippen LogP contribution in [-0.4, -0.2) is 69.9 Å². The number of ether oxygens (including phenoxy) is 1. The van der Waals surface area contributed by atoms with Crippen LogP contribution in [0.4, 0.5) is 8.78 Å². The third-order valence-corrected chi connectivity index (χ3v) is 5.29. The Hall–Kier alpha value is -2.55. The van der Waals surface area contributed by atoms with Crippen molar-refractivity contribution in [3.8, 4) is 5.88 Å². The van der Waals surface area contributed by atoms with Crippen LogP contribution in [0.15, 0.2) is 35.2 Å². The second kappa shape index (κ2) is 9.97. The summed E-state index contributed by atoms with van der Waals surface area (Å²) in [5.41, 5.74) is -0.152. The first-order valence-electron chi connectivity index (χ1n) is 9.87. The van der Waals surface area contributed by atoms with Gasteiger partial charge in [0.25, 0.3) is 12.3 Å². The van der Waals surface area contributed by atoms with E-state index in [9.17, 15) is 18.7 Å². The first-order valence-corrected chi connectivity index (χ1v) is 9.87. The number of rotatable bonds is 8. The number of nitrogens with zero attached hydrogens (tertiary/aromatic N) is 4. The van der Waals surface area contributed by atoms with Gasteiger partial charge in [0.15, 0.2) is 6.61 Å². The largest absolute Gasteiger partial charge is 0.471 e. The second-order valence-electron chi connectivity index (χ2n) is 7.99. The van der Waals surface area contributed by atoms with Gasteiger partial charge in [-0.25, -0.2) is 13.8 Å². The van der Waals surface area contributed by atoms with E-state index in [0.717, 1.165) is 12.8 Å². The topological polar surface area (TPSA) is 78.3 Å². The van der Waals surface area contributed by atoms with E-state index in [1.54, 1.807) is 42.9 Å². The van der Waals surface area contributed by atoms with Crippen molar-refractivity contribution in [2.45, 2.75) is 64.6 Å². The summed E-state index contributed by atoms with van der Waals surface area (Å²) in [6.07, 6.45) is 1.98. The molecule has 7 nitrogen and oxygen atoms in total. The molecule has 0 spiro atoms. The molecule has 1 fully saturated rings. The Morgan fingerprint density at radius 1 is 1.53 bits per heavy atom. The summed E-state index contributed by atoms with van der Waals surface area (Å²) in [7, 11) is 0. The van der Waals surface area contributed by atoms with Gasteiger partial charge >= 0.3 is 0 Å². The number of amides is 1. The molecule has 1 aromatic heterocycles. The van der Waals surface area contributed by atoms with E-state index in [4.69, 9.17) is 4.74 Å². The zero-order valence-electron chi connectivity index (χ0n) is 17.9. The lowest BCUT2D eigenvalue weighted by Gasteiger charge is -2.41. The smallest absolute Gasteiger partial charge is 0.272 e. The Labute approximate surface area is 176 Å². The summed E-state index contributed by atoms with van der Waals surface area (Å²) < 4.78 is 30.1. The highest BCUT2D eigenvalue weighted by atomic mass is 19.3. The van der Waals surface area contributed by atoms with Crippen LogP contribution in [0, 0.1) is 0 Å². The van der Waals surface area contributed by atoms with E-state index in [0.29, 0.717) is 12.1 Å². The fourth-order valence-corrected chi connectivity index (χ4v) is 3.17. The third kappa shape index (κ3) is 5.98. The number of aromatic nitrogens is 1. The number of carbonyl (C=O) groups is 1. The van der Waals surface area contributed by atoms with Crippen molar-refractivity contribution < 1.29 is 23.4 Å². The SMILES string of the molecule is C=NN(/C=C(\C)C(C)(C)O)[C@@H]1CC[C@@H](C)N(C(=O)c2cccnc2OCC(F)F)C1. The van der Waals surface area contributed by atoms with Crippen molar-refractivity contribution in [1.29, 1.82) is 0 Å². The van der Waals surface area contributed by atoms with Crippen molar-refractivity contribution in [1.82, 2.24) is 14.9 Å². The number of aliphatic hydroxyl groups is 1. The Kier molecular flexibility index (Phi) is 7.89. The molecule has 1 amide bonds. The highest BCUT2D eigenvalue weighted by Gasteiger charge is 2.33. The molecule has 166 valence electrons. The number of pyridine rings is 1. The van der Waals surface area contributed by atoms with Crippen LogP contribution in [0.1, 0.15) is 50.9 Å². The van der Waals surface area contributed by atoms with Crippen LogP contribution in [0.2, 0.25) is 0 Å². The van der Waals surface area contributed by atoms with Crippen molar-refractivity contribution in [2.75, 3.05) is 13.2 Å². The Bertz CT molecular complexity index is 780. The molecule has 1 aliphatic heterocycles. The molecule has 0 radical (unpaired) electrons. The minimum atomic E-state index is -2.66. The summed E-state index contributed by atoms with van der Waals surface area (Å²) in [6.45, 7) is 10.3. The van der Waals surface area contributed by atoms with Crippen LogP contribution in [0.5, 0.6) is 5.88 Å². The average molecular weight is 424 g/mol. The number of hydrogen-bond donors (Lipinski definition) is 1. The molecule has 2 atom stereocenters. The van der Waals surface area contributed by atoms with E-state index in [-0.39, 0.29) is 29.4 Å². The number of hydrogen-bond acceptors (Lipinski definition) is 6. The van der Waals surface area contributed by atoms with E-state index in [2.05, 4.69) is 16.8 Å². The number of alkyl halides is 2. The standard InChI is InChI=1S/C21H30F2N4O3/c1-14(21(3,4)29)11-27(24-5)16-9-8-15(2)26(12-16)20(28)17-7-6-10-25-19(17)30-13-18(22)23/h6-7,10-11,15-16,18,29H,5,8-9,12-13H2,1-4H3/b14-11+/t15-,16-/m1/s1. The second-order valence-corrected chi connectivity index (χ2v) is 7.99. The maximum absolute atomic E-state index is 13.2. The number of likely N-dealkylation sites (tertiary alicyclic amines) is 1. The predicted octanol–water partition coefficient (Wildman–Crippen LogP) is 3.31. The monoisotopic (exact) mass is 424 g/mol. The molecule has 1 aliphatic rings. The van der Waals surface area contributed by atoms with Gasteiger partial charge < -0.3 is 14.7 Å². The van der Waals surface area contributed by atoms with E-state index >= 15 is 0 Å². The first-order chi connectivity index (χ1) is 14.0. The Morgan fingerprint density at radius 2 is 2.23 bits per heavy atom. The first kappa shape index (κ1) is 23.7. The van der Waals surface area contributed by atoms with E-state index < -0.39 is 18.6 Å². The van der Waals surface area contributed by atoms with Gasteiger partial charge in [-0.05, 0) is 58.2 Å². The average Bonchev–Trinajstić information content (AvgIpc) is 2.69. The quantitative estimate of drug-likeness (QED) is 0.512. The van der Waals surface area contributed by atoms with Gasteiger partial charge in [0.05, 0.1) is 11.6 Å². The molecular weight excluding hydrogens is 394 g/mol. The molecule has 1 saturated heterocycles. The molecule has 0 aromatic carbocycles. The number of carbonyl (C=O) groups excluding carboxylic acids is 1. The molecule has 1 N–H and O–H groups in total. The lowest BCUT2D eigenvalue weighted by molar-refractivity contribution is 0.0482. The molecule has 0 saturated carbocycles. The van der Waals surface area contributed by atoms with Crippen LogP contribution in [-0.2, 0) is 0 Å². The summed E-state index contributed by atoms with van der Waals surface area (Å²) >= 11 is 0. The zero-order chi connectivity index (χ0) is 22.5. The van der Waals surface area contributed by atoms with Crippen LogP contribution >= 0.6 is 0 Å². The maximum atomic E-state index is 13.2.